The minimum Gasteiger partial charge on any atom is -0.337 e. The number of pyridine rings is 1. The summed E-state index contributed by atoms with van der Waals surface area (Å²) in [6.45, 7) is 0.423. The highest BCUT2D eigenvalue weighted by Crippen LogP contribution is 2.16. The Hall–Kier alpha value is -1.94. The number of carbonyl (C=O) groups excluding carboxylic acids is 1. The number of hydrogen-bond acceptors (Lipinski definition) is 2. The molecule has 1 heterocycles. The summed E-state index contributed by atoms with van der Waals surface area (Å²) < 4.78 is 13.1. The van der Waals surface area contributed by atoms with E-state index < -0.39 is 5.82 Å². The summed E-state index contributed by atoms with van der Waals surface area (Å²) >= 11 is 5.81. The number of amides is 1. The first-order valence-corrected chi connectivity index (χ1v) is 6.06. The maximum Gasteiger partial charge on any atom is 0.257 e. The third-order valence-electron chi connectivity index (χ3n) is 2.65. The number of nitrogens with zero attached hydrogens (tertiary/aromatic N) is 2. The summed E-state index contributed by atoms with van der Waals surface area (Å²) in [5.74, 6) is -0.943. The first-order chi connectivity index (χ1) is 9.08. The van der Waals surface area contributed by atoms with Crippen molar-refractivity contribution in [2.75, 3.05) is 7.05 Å². The van der Waals surface area contributed by atoms with Gasteiger partial charge in [0.1, 0.15) is 11.0 Å². The molecular weight excluding hydrogens is 267 g/mol. The molecule has 5 heteroatoms. The smallest absolute Gasteiger partial charge is 0.257 e. The summed E-state index contributed by atoms with van der Waals surface area (Å²) in [6.07, 6.45) is 0.982. The molecule has 0 radical (unpaired) electrons. The Kier molecular flexibility index (Phi) is 4.12. The van der Waals surface area contributed by atoms with Crippen LogP contribution in [0.4, 0.5) is 4.39 Å². The van der Waals surface area contributed by atoms with E-state index in [4.69, 9.17) is 11.6 Å². The zero-order valence-electron chi connectivity index (χ0n) is 10.3. The highest BCUT2D eigenvalue weighted by atomic mass is 35.5. The molecule has 0 bridgehead atoms. The van der Waals surface area contributed by atoms with E-state index in [1.54, 1.807) is 7.05 Å². The van der Waals surface area contributed by atoms with Gasteiger partial charge in [-0.15, -0.1) is 0 Å². The van der Waals surface area contributed by atoms with E-state index in [9.17, 15) is 9.18 Å². The van der Waals surface area contributed by atoms with Gasteiger partial charge in [0.05, 0.1) is 11.8 Å². The number of halogens is 2. The Morgan fingerprint density at radius 2 is 2.05 bits per heavy atom. The van der Waals surface area contributed by atoms with Crippen LogP contribution in [0, 0.1) is 5.82 Å². The fraction of sp³-hybridized carbons (Fsp3) is 0.143. The van der Waals surface area contributed by atoms with Gasteiger partial charge in [0.2, 0.25) is 0 Å². The molecule has 0 atom stereocenters. The molecule has 3 nitrogen and oxygen atoms in total. The summed E-state index contributed by atoms with van der Waals surface area (Å²) in [5, 5.41) is 0.00584. The molecule has 0 saturated carbocycles. The van der Waals surface area contributed by atoms with Crippen LogP contribution in [0.2, 0.25) is 5.15 Å². The van der Waals surface area contributed by atoms with Crippen LogP contribution in [0.25, 0.3) is 0 Å². The van der Waals surface area contributed by atoms with Crippen molar-refractivity contribution in [3.63, 3.8) is 0 Å². The third-order valence-corrected chi connectivity index (χ3v) is 2.95. The van der Waals surface area contributed by atoms with Gasteiger partial charge in [-0.3, -0.25) is 4.79 Å². The minimum atomic E-state index is -0.583. The van der Waals surface area contributed by atoms with E-state index in [1.165, 1.54) is 4.90 Å². The summed E-state index contributed by atoms with van der Waals surface area (Å²) in [5.41, 5.74) is 1.05. The van der Waals surface area contributed by atoms with Crippen LogP contribution in [-0.4, -0.2) is 22.8 Å². The maximum absolute atomic E-state index is 13.1. The molecule has 0 spiro atoms. The first-order valence-electron chi connectivity index (χ1n) is 5.68. The highest BCUT2D eigenvalue weighted by Gasteiger charge is 2.17. The van der Waals surface area contributed by atoms with Crippen LogP contribution in [-0.2, 0) is 6.54 Å². The average Bonchev–Trinajstić information content (AvgIpc) is 2.42. The topological polar surface area (TPSA) is 33.2 Å². The largest absolute Gasteiger partial charge is 0.337 e. The van der Waals surface area contributed by atoms with Gasteiger partial charge >= 0.3 is 0 Å². The molecule has 98 valence electrons. The molecule has 0 saturated heterocycles. The minimum absolute atomic E-state index is 0.00584. The zero-order chi connectivity index (χ0) is 13.8. The van der Waals surface area contributed by atoms with Crippen molar-refractivity contribution >= 4 is 17.5 Å². The van der Waals surface area contributed by atoms with Crippen LogP contribution in [0.15, 0.2) is 42.6 Å². The Balaban J connectivity index is 2.17. The Labute approximate surface area is 115 Å². The second-order valence-corrected chi connectivity index (χ2v) is 4.50. The summed E-state index contributed by atoms with van der Waals surface area (Å²) in [4.78, 5) is 17.3. The monoisotopic (exact) mass is 278 g/mol. The van der Waals surface area contributed by atoms with Gasteiger partial charge in [-0.1, -0.05) is 41.9 Å². The number of rotatable bonds is 3. The lowest BCUT2D eigenvalue weighted by Crippen LogP contribution is -2.26. The van der Waals surface area contributed by atoms with Crippen molar-refractivity contribution in [1.29, 1.82) is 0 Å². The van der Waals surface area contributed by atoms with Crippen molar-refractivity contribution in [2.24, 2.45) is 0 Å². The van der Waals surface area contributed by atoms with E-state index in [0.29, 0.717) is 6.54 Å². The van der Waals surface area contributed by atoms with Crippen molar-refractivity contribution in [1.82, 2.24) is 9.88 Å². The lowest BCUT2D eigenvalue weighted by Gasteiger charge is -2.17. The van der Waals surface area contributed by atoms with Gasteiger partial charge in [0, 0.05) is 13.6 Å². The van der Waals surface area contributed by atoms with Crippen molar-refractivity contribution in [2.45, 2.75) is 6.54 Å². The first kappa shape index (κ1) is 13.5. The molecular formula is C14H12ClFN2O. The molecule has 2 rings (SSSR count). The molecule has 0 aliphatic carbocycles. The number of benzene rings is 1. The molecule has 0 N–H and O–H groups in total. The van der Waals surface area contributed by atoms with E-state index in [0.717, 1.165) is 17.8 Å². The van der Waals surface area contributed by atoms with Crippen LogP contribution in [0.1, 0.15) is 15.9 Å². The molecule has 19 heavy (non-hydrogen) atoms. The summed E-state index contributed by atoms with van der Waals surface area (Å²) in [7, 11) is 1.64. The normalized spacial score (nSPS) is 10.3. The summed E-state index contributed by atoms with van der Waals surface area (Å²) in [6, 6.07) is 10.6. The van der Waals surface area contributed by atoms with Crippen molar-refractivity contribution < 1.29 is 9.18 Å². The second-order valence-electron chi connectivity index (χ2n) is 4.14. The molecule has 0 aliphatic heterocycles. The molecule has 0 unspecified atom stereocenters. The number of carbonyl (C=O) groups is 1. The van der Waals surface area contributed by atoms with Crippen LogP contribution < -0.4 is 0 Å². The van der Waals surface area contributed by atoms with Crippen molar-refractivity contribution in [3.05, 3.63) is 64.7 Å². The van der Waals surface area contributed by atoms with Gasteiger partial charge in [-0.25, -0.2) is 9.37 Å². The van der Waals surface area contributed by atoms with E-state index in [1.807, 2.05) is 30.3 Å². The molecule has 1 aromatic heterocycles. The Morgan fingerprint density at radius 3 is 2.74 bits per heavy atom. The lowest BCUT2D eigenvalue weighted by atomic mass is 10.2. The molecule has 1 aromatic carbocycles. The van der Waals surface area contributed by atoms with E-state index in [-0.39, 0.29) is 16.6 Å². The van der Waals surface area contributed by atoms with Crippen molar-refractivity contribution in [3.8, 4) is 0 Å². The van der Waals surface area contributed by atoms with Crippen LogP contribution >= 0.6 is 11.6 Å². The third kappa shape index (κ3) is 3.29. The van der Waals surface area contributed by atoms with Crippen LogP contribution in [0.3, 0.4) is 0 Å². The molecule has 0 aliphatic rings. The quantitative estimate of drug-likeness (QED) is 0.808. The molecule has 2 aromatic rings. The van der Waals surface area contributed by atoms with E-state index in [2.05, 4.69) is 4.98 Å². The lowest BCUT2D eigenvalue weighted by molar-refractivity contribution is 0.0784. The SMILES string of the molecule is CN(Cc1ccccc1)C(=O)c1cc(F)cnc1Cl. The number of hydrogen-bond donors (Lipinski definition) is 0. The maximum atomic E-state index is 13.1. The zero-order valence-corrected chi connectivity index (χ0v) is 11.1. The molecule has 0 fully saturated rings. The Morgan fingerprint density at radius 1 is 1.37 bits per heavy atom. The van der Waals surface area contributed by atoms with Gasteiger partial charge in [-0.2, -0.15) is 0 Å². The number of aromatic nitrogens is 1. The van der Waals surface area contributed by atoms with Gasteiger partial charge in [-0.05, 0) is 11.6 Å². The van der Waals surface area contributed by atoms with Gasteiger partial charge in [0.15, 0.2) is 0 Å². The highest BCUT2D eigenvalue weighted by molar-refractivity contribution is 6.32. The predicted octanol–water partition coefficient (Wildman–Crippen LogP) is 3.15. The molecule has 1 amide bonds. The fourth-order valence-electron chi connectivity index (χ4n) is 1.71. The second kappa shape index (κ2) is 5.80. The fourth-order valence-corrected chi connectivity index (χ4v) is 1.89. The van der Waals surface area contributed by atoms with Gasteiger partial charge in [0.25, 0.3) is 5.91 Å². The standard InChI is InChI=1S/C14H12ClFN2O/c1-18(9-10-5-3-2-4-6-10)14(19)12-7-11(16)8-17-13(12)15/h2-8H,9H2,1H3. The van der Waals surface area contributed by atoms with E-state index >= 15 is 0 Å². The van der Waals surface area contributed by atoms with Crippen LogP contribution in [0.5, 0.6) is 0 Å². The predicted molar refractivity (Wildman–Crippen MR) is 71.4 cm³/mol. The Bertz CT molecular complexity index is 589. The average molecular weight is 279 g/mol. The van der Waals surface area contributed by atoms with Gasteiger partial charge < -0.3 is 4.90 Å².